The molecule has 0 saturated heterocycles. The molecule has 31 heavy (non-hydrogen) atoms. The molecule has 1 aromatic carbocycles. The average molecular weight is 433 g/mol. The van der Waals surface area contributed by atoms with Gasteiger partial charge in [0, 0.05) is 28.4 Å². The minimum atomic E-state index is -0.124. The molecule has 0 aliphatic rings. The van der Waals surface area contributed by atoms with Crippen molar-refractivity contribution in [2.75, 3.05) is 0 Å². The first kappa shape index (κ1) is 21.2. The van der Waals surface area contributed by atoms with Crippen LogP contribution in [0.2, 0.25) is 0 Å². The molecule has 1 unspecified atom stereocenters. The number of aryl methyl sites for hydroxylation is 2. The number of benzene rings is 1. The second-order valence-electron chi connectivity index (χ2n) is 8.15. The summed E-state index contributed by atoms with van der Waals surface area (Å²) in [6.07, 6.45) is 2.97. The largest absolute Gasteiger partial charge is 0.344 e. The summed E-state index contributed by atoms with van der Waals surface area (Å²) in [5.74, 6) is 0.0408. The highest BCUT2D eigenvalue weighted by Gasteiger charge is 2.19. The number of fused-ring (bicyclic) bond motifs is 1. The van der Waals surface area contributed by atoms with E-state index in [0.29, 0.717) is 12.8 Å². The number of nitrogens with one attached hydrogen (secondary N) is 1. The average Bonchev–Trinajstić information content (AvgIpc) is 3.42. The molecule has 3 heterocycles. The molecule has 0 fully saturated rings. The number of aromatic nitrogens is 3. The molecule has 5 nitrogen and oxygen atoms in total. The first-order valence-corrected chi connectivity index (χ1v) is 11.5. The van der Waals surface area contributed by atoms with Gasteiger partial charge in [0.05, 0.1) is 12.2 Å². The zero-order chi connectivity index (χ0) is 22.0. The van der Waals surface area contributed by atoms with Gasteiger partial charge in [-0.15, -0.1) is 11.3 Å². The van der Waals surface area contributed by atoms with E-state index >= 15 is 0 Å². The van der Waals surface area contributed by atoms with Crippen molar-refractivity contribution in [1.29, 1.82) is 0 Å². The zero-order valence-electron chi connectivity index (χ0n) is 18.4. The number of carbonyl (C=O) groups excluding carboxylic acids is 1. The third-order valence-electron chi connectivity index (χ3n) is 5.69. The van der Waals surface area contributed by atoms with E-state index in [4.69, 9.17) is 4.98 Å². The zero-order valence-corrected chi connectivity index (χ0v) is 19.2. The maximum atomic E-state index is 12.9. The van der Waals surface area contributed by atoms with Gasteiger partial charge in [-0.2, -0.15) is 5.10 Å². The van der Waals surface area contributed by atoms with E-state index in [-0.39, 0.29) is 18.0 Å². The Morgan fingerprint density at radius 1 is 1.13 bits per heavy atom. The van der Waals surface area contributed by atoms with Crippen molar-refractivity contribution in [1.82, 2.24) is 20.1 Å². The highest BCUT2D eigenvalue weighted by atomic mass is 32.1. The minimum absolute atomic E-state index is 0.0408. The predicted octanol–water partition coefficient (Wildman–Crippen LogP) is 5.53. The van der Waals surface area contributed by atoms with Crippen molar-refractivity contribution in [2.45, 2.75) is 52.6 Å². The molecule has 4 rings (SSSR count). The fourth-order valence-corrected chi connectivity index (χ4v) is 4.83. The molecule has 4 aromatic rings. The molecule has 0 aliphatic carbocycles. The molecule has 0 saturated carbocycles. The summed E-state index contributed by atoms with van der Waals surface area (Å²) in [6, 6.07) is 14.3. The van der Waals surface area contributed by atoms with E-state index in [1.807, 2.05) is 47.4 Å². The normalized spacial score (nSPS) is 12.4. The topological polar surface area (TPSA) is 59.8 Å². The molecular weight excluding hydrogens is 404 g/mol. The van der Waals surface area contributed by atoms with E-state index in [1.54, 1.807) is 11.3 Å². The summed E-state index contributed by atoms with van der Waals surface area (Å²) < 4.78 is 1.96. The van der Waals surface area contributed by atoms with Gasteiger partial charge in [0.2, 0.25) is 5.91 Å². The lowest BCUT2D eigenvalue weighted by Gasteiger charge is -2.18. The van der Waals surface area contributed by atoms with Crippen LogP contribution >= 0.6 is 11.3 Å². The van der Waals surface area contributed by atoms with Crippen molar-refractivity contribution in [3.05, 3.63) is 81.3 Å². The number of nitrogens with zero attached hydrogens (tertiary/aromatic N) is 3. The minimum Gasteiger partial charge on any atom is -0.344 e. The maximum Gasteiger partial charge on any atom is 0.221 e. The van der Waals surface area contributed by atoms with Crippen LogP contribution in [0.4, 0.5) is 0 Å². The molecule has 0 bridgehead atoms. The molecule has 1 atom stereocenters. The Hall–Kier alpha value is -2.99. The summed E-state index contributed by atoms with van der Waals surface area (Å²) in [6.45, 7) is 8.34. The van der Waals surface area contributed by atoms with E-state index in [0.717, 1.165) is 32.7 Å². The van der Waals surface area contributed by atoms with E-state index in [9.17, 15) is 4.79 Å². The fourth-order valence-electron chi connectivity index (χ4n) is 4.03. The predicted molar refractivity (Wildman–Crippen MR) is 126 cm³/mol. The third-order valence-corrected chi connectivity index (χ3v) is 6.63. The van der Waals surface area contributed by atoms with Crippen LogP contribution in [0.1, 0.15) is 59.6 Å². The highest BCUT2D eigenvalue weighted by molar-refractivity contribution is 7.10. The SMILES string of the molecule is Cc1nc2c(cnn2C(C)C)c(C)c1CCC(=O)NC(c1ccccc1)c1cccs1. The van der Waals surface area contributed by atoms with Crippen LogP contribution in [0, 0.1) is 13.8 Å². The lowest BCUT2D eigenvalue weighted by atomic mass is 9.99. The van der Waals surface area contributed by atoms with Gasteiger partial charge in [0.25, 0.3) is 0 Å². The fraction of sp³-hybridized carbons (Fsp3) is 0.320. The lowest BCUT2D eigenvalue weighted by molar-refractivity contribution is -0.121. The van der Waals surface area contributed by atoms with Gasteiger partial charge in [0.15, 0.2) is 5.65 Å². The van der Waals surface area contributed by atoms with Gasteiger partial charge >= 0.3 is 0 Å². The quantitative estimate of drug-likeness (QED) is 0.418. The van der Waals surface area contributed by atoms with Gasteiger partial charge in [-0.05, 0) is 62.3 Å². The number of amides is 1. The van der Waals surface area contributed by atoms with Crippen LogP contribution < -0.4 is 5.32 Å². The summed E-state index contributed by atoms with van der Waals surface area (Å²) in [5.41, 5.74) is 5.28. The molecule has 0 radical (unpaired) electrons. The number of hydrogen-bond acceptors (Lipinski definition) is 4. The number of pyridine rings is 1. The summed E-state index contributed by atoms with van der Waals surface area (Å²) in [7, 11) is 0. The van der Waals surface area contributed by atoms with Crippen molar-refractivity contribution in [2.24, 2.45) is 0 Å². The van der Waals surface area contributed by atoms with Crippen LogP contribution in [0.15, 0.2) is 54.0 Å². The lowest BCUT2D eigenvalue weighted by Crippen LogP contribution is -2.29. The Morgan fingerprint density at radius 2 is 1.90 bits per heavy atom. The molecular formula is C25H28N4OS. The Labute approximate surface area is 187 Å². The monoisotopic (exact) mass is 432 g/mol. The van der Waals surface area contributed by atoms with Gasteiger partial charge in [-0.25, -0.2) is 9.67 Å². The van der Waals surface area contributed by atoms with Crippen molar-refractivity contribution in [3.8, 4) is 0 Å². The summed E-state index contributed by atoms with van der Waals surface area (Å²) in [4.78, 5) is 18.9. The number of thiophene rings is 1. The number of rotatable bonds is 7. The molecule has 6 heteroatoms. The molecule has 1 amide bonds. The van der Waals surface area contributed by atoms with E-state index < -0.39 is 0 Å². The van der Waals surface area contributed by atoms with Crippen molar-refractivity contribution >= 4 is 28.3 Å². The Bertz CT molecular complexity index is 1180. The second-order valence-corrected chi connectivity index (χ2v) is 9.13. The van der Waals surface area contributed by atoms with Gasteiger partial charge in [0.1, 0.15) is 0 Å². The number of hydrogen-bond donors (Lipinski definition) is 1. The maximum absolute atomic E-state index is 12.9. The number of carbonyl (C=O) groups is 1. The van der Waals surface area contributed by atoms with E-state index in [2.05, 4.69) is 49.4 Å². The summed E-state index contributed by atoms with van der Waals surface area (Å²) >= 11 is 1.66. The van der Waals surface area contributed by atoms with Gasteiger partial charge in [-0.3, -0.25) is 4.79 Å². The standard InChI is InChI=1S/C25H28N4OS/c1-16(2)29-25-21(15-26-29)17(3)20(18(4)27-25)12-13-23(30)28-24(22-11-8-14-31-22)19-9-6-5-7-10-19/h5-11,14-16,24H,12-13H2,1-4H3,(H,28,30). The molecule has 0 spiro atoms. The van der Waals surface area contributed by atoms with Crippen LogP contribution in [0.5, 0.6) is 0 Å². The molecule has 160 valence electrons. The molecule has 3 aromatic heterocycles. The van der Waals surface area contributed by atoms with Gasteiger partial charge in [-0.1, -0.05) is 36.4 Å². The van der Waals surface area contributed by atoms with Crippen LogP contribution in [-0.2, 0) is 11.2 Å². The van der Waals surface area contributed by atoms with Crippen LogP contribution in [0.25, 0.3) is 11.0 Å². The molecule has 1 N–H and O–H groups in total. The van der Waals surface area contributed by atoms with Crippen LogP contribution in [0.3, 0.4) is 0 Å². The van der Waals surface area contributed by atoms with Crippen molar-refractivity contribution in [3.63, 3.8) is 0 Å². The van der Waals surface area contributed by atoms with E-state index in [1.165, 1.54) is 5.56 Å². The second kappa shape index (κ2) is 9.02. The van der Waals surface area contributed by atoms with Crippen molar-refractivity contribution < 1.29 is 4.79 Å². The van der Waals surface area contributed by atoms with Gasteiger partial charge < -0.3 is 5.32 Å². The Balaban J connectivity index is 1.52. The molecule has 0 aliphatic heterocycles. The third kappa shape index (κ3) is 4.39. The summed E-state index contributed by atoms with van der Waals surface area (Å²) in [5, 5.41) is 10.9. The Kier molecular flexibility index (Phi) is 6.18. The highest BCUT2D eigenvalue weighted by Crippen LogP contribution is 2.27. The first-order valence-electron chi connectivity index (χ1n) is 10.7. The van der Waals surface area contributed by atoms with Crippen LogP contribution in [-0.4, -0.2) is 20.7 Å². The smallest absolute Gasteiger partial charge is 0.221 e. The Morgan fingerprint density at radius 3 is 2.58 bits per heavy atom. The first-order chi connectivity index (χ1) is 15.0.